The normalized spacial score (nSPS) is 19.3. The van der Waals surface area contributed by atoms with E-state index in [1.807, 2.05) is 43.5 Å². The first-order valence-electron chi connectivity index (χ1n) is 15.7. The highest BCUT2D eigenvalue weighted by atomic mass is 32.2. The van der Waals surface area contributed by atoms with Gasteiger partial charge in [0.05, 0.1) is 25.1 Å². The monoisotopic (exact) mass is 674 g/mol. The molecular weight excluding hydrogens is 627 g/mol. The second-order valence-corrected chi connectivity index (χ2v) is 15.1. The zero-order valence-electron chi connectivity index (χ0n) is 28.0. The van der Waals surface area contributed by atoms with E-state index < -0.39 is 13.9 Å². The standard InChI is InChI=1S/C32H47N6O6PS/c1-9-24-25(44-45(38(21(2)3)22(4)5)42-15-16-46-31(40)32(6,7)8)17-27(43-24)37-20-35-28-29(33-19-34-30(28)37)36-26(39)18-41-23-13-11-10-12-14-23/h10-14,19-22,24-25,27H,9,15-18H2,1-8H3,(H,33,34,36,39)/t24-,25?,27-,45?/m1/s1. The van der Waals surface area contributed by atoms with Gasteiger partial charge in [0.15, 0.2) is 28.7 Å². The first-order valence-corrected chi connectivity index (χ1v) is 17.9. The molecule has 1 fully saturated rings. The number of thioether (sulfide) groups is 1. The van der Waals surface area contributed by atoms with Crippen LogP contribution in [0, 0.1) is 5.41 Å². The SMILES string of the molecule is CC[C@H]1O[C@@H](n2cnc3c(NC(=O)COc4ccccc4)ncnc32)CC1OP(OCCSC(=O)C(C)(C)C)N(C(C)C)C(C)C. The molecule has 0 saturated carbocycles. The molecule has 0 aliphatic carbocycles. The van der Waals surface area contributed by atoms with Crippen molar-refractivity contribution in [2.24, 2.45) is 5.41 Å². The largest absolute Gasteiger partial charge is 0.484 e. The number of carbonyl (C=O) groups is 2. The Hall–Kier alpha value is -2.67. The number of amides is 1. The van der Waals surface area contributed by atoms with Gasteiger partial charge in [-0.05, 0) is 46.2 Å². The van der Waals surface area contributed by atoms with Crippen molar-refractivity contribution in [3.05, 3.63) is 43.0 Å². The molecule has 0 bridgehead atoms. The Morgan fingerprint density at radius 3 is 2.50 bits per heavy atom. The van der Waals surface area contributed by atoms with Gasteiger partial charge >= 0.3 is 0 Å². The lowest BCUT2D eigenvalue weighted by Crippen LogP contribution is -2.36. The average molecular weight is 675 g/mol. The summed E-state index contributed by atoms with van der Waals surface area (Å²) in [7, 11) is -1.43. The predicted octanol–water partition coefficient (Wildman–Crippen LogP) is 6.59. The molecule has 1 saturated heterocycles. The van der Waals surface area contributed by atoms with Gasteiger partial charge in [0.25, 0.3) is 14.4 Å². The minimum Gasteiger partial charge on any atom is -0.484 e. The number of para-hydroxylation sites is 1. The van der Waals surface area contributed by atoms with E-state index in [-0.39, 0.29) is 48.1 Å². The van der Waals surface area contributed by atoms with Crippen molar-refractivity contribution in [1.82, 2.24) is 24.2 Å². The van der Waals surface area contributed by atoms with Crippen LogP contribution in [0.4, 0.5) is 5.82 Å². The highest BCUT2D eigenvalue weighted by Gasteiger charge is 2.41. The lowest BCUT2D eigenvalue weighted by atomic mass is 10.00. The van der Waals surface area contributed by atoms with Crippen LogP contribution in [0.25, 0.3) is 11.2 Å². The lowest BCUT2D eigenvalue weighted by molar-refractivity contribution is -0.118. The summed E-state index contributed by atoms with van der Waals surface area (Å²) in [6, 6.07) is 9.51. The van der Waals surface area contributed by atoms with Crippen molar-refractivity contribution >= 4 is 48.3 Å². The van der Waals surface area contributed by atoms with Crippen LogP contribution in [0.1, 0.15) is 74.5 Å². The molecule has 2 unspecified atom stereocenters. The Morgan fingerprint density at radius 1 is 1.13 bits per heavy atom. The fourth-order valence-electron chi connectivity index (χ4n) is 5.04. The molecule has 3 aromatic rings. The number of carbonyl (C=O) groups excluding carboxylic acids is 2. The quantitative estimate of drug-likeness (QED) is 0.138. The molecule has 0 radical (unpaired) electrons. The van der Waals surface area contributed by atoms with E-state index in [2.05, 4.69) is 59.6 Å². The number of imidazole rings is 1. The maximum atomic E-state index is 12.6. The third kappa shape index (κ3) is 9.45. The van der Waals surface area contributed by atoms with Crippen LogP contribution in [-0.2, 0) is 23.4 Å². The first kappa shape index (κ1) is 36.2. The molecule has 1 aliphatic heterocycles. The zero-order valence-corrected chi connectivity index (χ0v) is 29.7. The predicted molar refractivity (Wildman–Crippen MR) is 181 cm³/mol. The van der Waals surface area contributed by atoms with E-state index >= 15 is 0 Å². The van der Waals surface area contributed by atoms with E-state index in [4.69, 9.17) is 18.5 Å². The van der Waals surface area contributed by atoms with Crippen LogP contribution in [0.2, 0.25) is 0 Å². The van der Waals surface area contributed by atoms with Gasteiger partial charge in [0.2, 0.25) is 0 Å². The molecule has 4 rings (SSSR count). The van der Waals surface area contributed by atoms with Crippen molar-refractivity contribution in [1.29, 1.82) is 0 Å². The number of aromatic nitrogens is 4. The molecule has 46 heavy (non-hydrogen) atoms. The number of fused-ring (bicyclic) bond motifs is 1. The van der Waals surface area contributed by atoms with Crippen LogP contribution in [0.15, 0.2) is 43.0 Å². The van der Waals surface area contributed by atoms with Gasteiger partial charge < -0.3 is 23.8 Å². The van der Waals surface area contributed by atoms with Gasteiger partial charge in [0, 0.05) is 29.7 Å². The second kappa shape index (κ2) is 16.4. The highest BCUT2D eigenvalue weighted by molar-refractivity contribution is 8.13. The molecule has 3 heterocycles. The number of nitrogens with one attached hydrogen (secondary N) is 1. The minimum atomic E-state index is -1.43. The third-order valence-corrected chi connectivity index (χ3v) is 10.6. The number of hydrogen-bond donors (Lipinski definition) is 1. The van der Waals surface area contributed by atoms with Crippen molar-refractivity contribution in [3.63, 3.8) is 0 Å². The lowest BCUT2D eigenvalue weighted by Gasteiger charge is -2.37. The van der Waals surface area contributed by atoms with Gasteiger partial charge in [-0.2, -0.15) is 0 Å². The summed E-state index contributed by atoms with van der Waals surface area (Å²) in [4.78, 5) is 38.3. The molecule has 4 atom stereocenters. The molecule has 1 aliphatic rings. The van der Waals surface area contributed by atoms with Crippen LogP contribution in [0.3, 0.4) is 0 Å². The molecule has 0 spiro atoms. The summed E-state index contributed by atoms with van der Waals surface area (Å²) >= 11 is 1.30. The van der Waals surface area contributed by atoms with Crippen LogP contribution in [0.5, 0.6) is 5.75 Å². The second-order valence-electron chi connectivity index (χ2n) is 12.6. The number of ether oxygens (including phenoxy) is 2. The van der Waals surface area contributed by atoms with Gasteiger partial charge in [-0.1, -0.05) is 57.7 Å². The molecule has 1 aromatic carbocycles. The van der Waals surface area contributed by atoms with E-state index in [9.17, 15) is 9.59 Å². The smallest absolute Gasteiger partial charge is 0.263 e. The molecule has 14 heteroatoms. The van der Waals surface area contributed by atoms with Crippen molar-refractivity contribution in [2.75, 3.05) is 24.3 Å². The van der Waals surface area contributed by atoms with Gasteiger partial charge in [-0.3, -0.25) is 14.2 Å². The third-order valence-electron chi connectivity index (χ3n) is 7.23. The number of anilines is 1. The van der Waals surface area contributed by atoms with Gasteiger partial charge in [0.1, 0.15) is 18.3 Å². The fourth-order valence-corrected chi connectivity index (χ4v) is 7.71. The molecule has 1 N–H and O–H groups in total. The number of nitrogens with zero attached hydrogens (tertiary/aromatic N) is 5. The molecule has 2 aromatic heterocycles. The topological polar surface area (TPSA) is 130 Å². The summed E-state index contributed by atoms with van der Waals surface area (Å²) in [5, 5.41) is 2.93. The zero-order chi connectivity index (χ0) is 33.4. The van der Waals surface area contributed by atoms with Gasteiger partial charge in [-0.15, -0.1) is 0 Å². The maximum absolute atomic E-state index is 12.6. The van der Waals surface area contributed by atoms with E-state index in [1.54, 1.807) is 18.5 Å². The van der Waals surface area contributed by atoms with E-state index in [0.717, 1.165) is 6.42 Å². The number of rotatable bonds is 15. The Labute approximate surface area is 277 Å². The van der Waals surface area contributed by atoms with Crippen molar-refractivity contribution < 1.29 is 28.1 Å². The summed E-state index contributed by atoms with van der Waals surface area (Å²) in [5.41, 5.74) is 0.597. The van der Waals surface area contributed by atoms with Crippen LogP contribution >= 0.6 is 20.3 Å². The number of hydrogen-bond acceptors (Lipinski definition) is 11. The van der Waals surface area contributed by atoms with Crippen LogP contribution in [-0.4, -0.2) is 78.5 Å². The minimum absolute atomic E-state index is 0.142. The Balaban J connectivity index is 1.45. The van der Waals surface area contributed by atoms with Crippen LogP contribution < -0.4 is 10.1 Å². The van der Waals surface area contributed by atoms with Crippen molar-refractivity contribution in [3.8, 4) is 5.75 Å². The summed E-state index contributed by atoms with van der Waals surface area (Å²) < 4.78 is 29.3. The first-order chi connectivity index (χ1) is 21.9. The van der Waals surface area contributed by atoms with E-state index in [0.29, 0.717) is 41.5 Å². The maximum Gasteiger partial charge on any atom is 0.263 e. The Bertz CT molecular complexity index is 1430. The Morgan fingerprint density at radius 2 is 1.85 bits per heavy atom. The molecular formula is C32H47N6O6PS. The molecule has 1 amide bonds. The van der Waals surface area contributed by atoms with E-state index in [1.165, 1.54) is 18.1 Å². The van der Waals surface area contributed by atoms with Gasteiger partial charge in [-0.25, -0.2) is 19.6 Å². The summed E-state index contributed by atoms with van der Waals surface area (Å²) in [6.45, 7) is 16.6. The average Bonchev–Trinajstić information content (AvgIpc) is 3.62. The molecule has 252 valence electrons. The summed E-state index contributed by atoms with van der Waals surface area (Å²) in [5.74, 6) is 1.10. The number of benzene rings is 1. The Kier molecular flexibility index (Phi) is 12.9. The highest BCUT2D eigenvalue weighted by Crippen LogP contribution is 2.50. The summed E-state index contributed by atoms with van der Waals surface area (Å²) in [6.07, 6.45) is 3.56. The van der Waals surface area contributed by atoms with Crippen molar-refractivity contribution in [2.45, 2.75) is 98.8 Å². The fraction of sp³-hybridized carbons (Fsp3) is 0.594. The molecule has 12 nitrogen and oxygen atoms in total.